The van der Waals surface area contributed by atoms with E-state index in [1.54, 1.807) is 31.4 Å². The summed E-state index contributed by atoms with van der Waals surface area (Å²) < 4.78 is 10.2. The first-order valence-electron chi connectivity index (χ1n) is 10.1. The number of carbonyl (C=O) groups excluding carboxylic acids is 3. The van der Waals surface area contributed by atoms with E-state index in [0.717, 1.165) is 10.5 Å². The zero-order chi connectivity index (χ0) is 24.4. The molecule has 0 aromatic heterocycles. The van der Waals surface area contributed by atoms with Crippen molar-refractivity contribution < 1.29 is 28.8 Å². The largest absolute Gasteiger partial charge is 0.497 e. The molecule has 3 aromatic carbocycles. The first kappa shape index (κ1) is 22.5. The summed E-state index contributed by atoms with van der Waals surface area (Å²) in [4.78, 5) is 50.0. The van der Waals surface area contributed by atoms with Crippen molar-refractivity contribution in [2.24, 2.45) is 0 Å². The van der Waals surface area contributed by atoms with Gasteiger partial charge in [0.2, 0.25) is 0 Å². The summed E-state index contributed by atoms with van der Waals surface area (Å²) in [6.45, 7) is 0.0812. The number of rotatable bonds is 7. The number of fused-ring (bicyclic) bond motifs is 1. The Labute approximate surface area is 193 Å². The molecule has 0 fully saturated rings. The number of benzene rings is 3. The van der Waals surface area contributed by atoms with Crippen LogP contribution in [0.2, 0.25) is 0 Å². The number of nitrogens with zero attached hydrogens (tertiary/aromatic N) is 2. The van der Waals surface area contributed by atoms with Gasteiger partial charge in [0, 0.05) is 11.6 Å². The highest BCUT2D eigenvalue weighted by Gasteiger charge is 2.36. The van der Waals surface area contributed by atoms with Gasteiger partial charge in [-0.2, -0.15) is 0 Å². The van der Waals surface area contributed by atoms with Crippen LogP contribution in [0.3, 0.4) is 0 Å². The second-order valence-corrected chi connectivity index (χ2v) is 7.40. The fraction of sp³-hybridized carbons (Fsp3) is 0.125. The second-order valence-electron chi connectivity index (χ2n) is 7.40. The van der Waals surface area contributed by atoms with E-state index in [0.29, 0.717) is 5.75 Å². The molecular formula is C24H19N3O7. The lowest BCUT2D eigenvalue weighted by atomic mass is 10.1. The van der Waals surface area contributed by atoms with Crippen molar-refractivity contribution in [1.82, 2.24) is 4.90 Å². The summed E-state index contributed by atoms with van der Waals surface area (Å²) in [5.41, 5.74) is 1.27. The van der Waals surface area contributed by atoms with E-state index in [4.69, 9.17) is 9.47 Å². The lowest BCUT2D eigenvalue weighted by Gasteiger charge is -2.14. The molecule has 0 saturated heterocycles. The third kappa shape index (κ3) is 4.16. The Kier molecular flexibility index (Phi) is 5.96. The van der Waals surface area contributed by atoms with Gasteiger partial charge in [-0.25, -0.2) is 0 Å². The van der Waals surface area contributed by atoms with Crippen LogP contribution < -0.4 is 14.8 Å². The van der Waals surface area contributed by atoms with Crippen molar-refractivity contribution >= 4 is 29.1 Å². The fourth-order valence-corrected chi connectivity index (χ4v) is 3.58. The van der Waals surface area contributed by atoms with Crippen LogP contribution in [0.4, 0.5) is 11.4 Å². The molecule has 0 bridgehead atoms. The van der Waals surface area contributed by atoms with Gasteiger partial charge in [0.05, 0.1) is 48.6 Å². The minimum absolute atomic E-state index is 0.0812. The number of methoxy groups -OCH3 is 2. The zero-order valence-electron chi connectivity index (χ0n) is 18.2. The Morgan fingerprint density at radius 1 is 0.941 bits per heavy atom. The molecule has 10 nitrogen and oxygen atoms in total. The fourth-order valence-electron chi connectivity index (χ4n) is 3.58. The number of hydrogen-bond donors (Lipinski definition) is 1. The van der Waals surface area contributed by atoms with Crippen molar-refractivity contribution in [3.63, 3.8) is 0 Å². The van der Waals surface area contributed by atoms with Gasteiger partial charge in [-0.15, -0.1) is 0 Å². The Hall–Kier alpha value is -4.73. The predicted octanol–water partition coefficient (Wildman–Crippen LogP) is 3.66. The molecule has 0 aliphatic carbocycles. The van der Waals surface area contributed by atoms with Gasteiger partial charge in [0.25, 0.3) is 23.4 Å². The number of imide groups is 1. The summed E-state index contributed by atoms with van der Waals surface area (Å²) in [7, 11) is 2.87. The summed E-state index contributed by atoms with van der Waals surface area (Å²) in [6.07, 6.45) is 0. The van der Waals surface area contributed by atoms with Gasteiger partial charge in [0.15, 0.2) is 0 Å². The maximum absolute atomic E-state index is 12.9. The average Bonchev–Trinajstić information content (AvgIpc) is 3.08. The second kappa shape index (κ2) is 9.02. The molecule has 0 unspecified atom stereocenters. The van der Waals surface area contributed by atoms with Crippen molar-refractivity contribution in [2.45, 2.75) is 6.54 Å². The lowest BCUT2D eigenvalue weighted by molar-refractivity contribution is -0.384. The van der Waals surface area contributed by atoms with Crippen molar-refractivity contribution in [3.8, 4) is 11.5 Å². The Morgan fingerprint density at radius 3 is 2.29 bits per heavy atom. The average molecular weight is 461 g/mol. The zero-order valence-corrected chi connectivity index (χ0v) is 18.2. The van der Waals surface area contributed by atoms with Gasteiger partial charge < -0.3 is 14.8 Å². The van der Waals surface area contributed by atoms with Crippen molar-refractivity contribution in [1.29, 1.82) is 0 Å². The van der Waals surface area contributed by atoms with Crippen molar-refractivity contribution in [3.05, 3.63) is 93.0 Å². The molecule has 0 atom stereocenters. The highest BCUT2D eigenvalue weighted by Crippen LogP contribution is 2.30. The molecule has 0 saturated carbocycles. The quantitative estimate of drug-likeness (QED) is 0.323. The molecule has 1 aliphatic heterocycles. The molecule has 10 heteroatoms. The summed E-state index contributed by atoms with van der Waals surface area (Å²) in [6, 6.07) is 15.0. The Morgan fingerprint density at radius 2 is 1.65 bits per heavy atom. The van der Waals surface area contributed by atoms with E-state index < -0.39 is 22.6 Å². The number of non-ortho nitro benzene ring substituents is 1. The van der Waals surface area contributed by atoms with Crippen LogP contribution in [0, 0.1) is 10.1 Å². The summed E-state index contributed by atoms with van der Waals surface area (Å²) in [5.74, 6) is -0.742. The molecule has 3 amide bonds. The summed E-state index contributed by atoms with van der Waals surface area (Å²) >= 11 is 0. The number of ether oxygens (including phenoxy) is 2. The maximum Gasteiger partial charge on any atom is 0.273 e. The van der Waals surface area contributed by atoms with Crippen molar-refractivity contribution in [2.75, 3.05) is 19.5 Å². The van der Waals surface area contributed by atoms with Crippen LogP contribution in [-0.2, 0) is 6.54 Å². The SMILES string of the molecule is COc1ccc(CN2C(=O)c3ccc(C(=O)Nc4ccc([N+](=O)[O-])cc4OC)cc3C2=O)cc1. The number of carbonyl (C=O) groups is 3. The van der Waals surface area contributed by atoms with Crippen LogP contribution in [0.15, 0.2) is 60.7 Å². The van der Waals surface area contributed by atoms with E-state index in [-0.39, 0.29) is 40.4 Å². The first-order valence-corrected chi connectivity index (χ1v) is 10.1. The van der Waals surface area contributed by atoms with Crippen LogP contribution in [0.1, 0.15) is 36.6 Å². The minimum atomic E-state index is -0.574. The minimum Gasteiger partial charge on any atom is -0.497 e. The normalized spacial score (nSPS) is 12.4. The van der Waals surface area contributed by atoms with Crippen LogP contribution in [0.5, 0.6) is 11.5 Å². The van der Waals surface area contributed by atoms with Crippen LogP contribution >= 0.6 is 0 Å². The Bertz CT molecular complexity index is 1320. The van der Waals surface area contributed by atoms with Gasteiger partial charge >= 0.3 is 0 Å². The number of anilines is 1. The van der Waals surface area contributed by atoms with Gasteiger partial charge in [-0.1, -0.05) is 12.1 Å². The number of nitrogens with one attached hydrogen (secondary N) is 1. The lowest BCUT2D eigenvalue weighted by Crippen LogP contribution is -2.29. The smallest absolute Gasteiger partial charge is 0.273 e. The number of hydrogen-bond acceptors (Lipinski definition) is 7. The molecule has 172 valence electrons. The molecule has 1 heterocycles. The number of nitro benzene ring substituents is 1. The molecule has 1 N–H and O–H groups in total. The molecule has 34 heavy (non-hydrogen) atoms. The van der Waals surface area contributed by atoms with Gasteiger partial charge in [-0.05, 0) is 42.0 Å². The standard InChI is InChI=1S/C24H19N3O7/c1-33-17-7-3-14(4-8-17)13-26-23(29)18-9-5-15(11-19(18)24(26)30)22(28)25-20-10-6-16(27(31)32)12-21(20)34-2/h3-12H,13H2,1-2H3,(H,25,28). The van der Waals surface area contributed by atoms with E-state index in [1.165, 1.54) is 43.5 Å². The molecular weight excluding hydrogens is 442 g/mol. The highest BCUT2D eigenvalue weighted by molar-refractivity contribution is 6.22. The van der Waals surface area contributed by atoms with E-state index in [1.807, 2.05) is 0 Å². The molecule has 4 rings (SSSR count). The predicted molar refractivity (Wildman–Crippen MR) is 121 cm³/mol. The topological polar surface area (TPSA) is 128 Å². The molecule has 0 radical (unpaired) electrons. The monoisotopic (exact) mass is 461 g/mol. The van der Waals surface area contributed by atoms with Crippen LogP contribution in [0.25, 0.3) is 0 Å². The third-order valence-electron chi connectivity index (χ3n) is 5.38. The first-order chi connectivity index (χ1) is 16.3. The maximum atomic E-state index is 12.9. The number of nitro groups is 1. The van der Waals surface area contributed by atoms with E-state index in [9.17, 15) is 24.5 Å². The highest BCUT2D eigenvalue weighted by atomic mass is 16.6. The van der Waals surface area contributed by atoms with Gasteiger partial charge in [-0.3, -0.25) is 29.4 Å². The summed E-state index contributed by atoms with van der Waals surface area (Å²) in [5, 5.41) is 13.6. The number of amides is 3. The van der Waals surface area contributed by atoms with Gasteiger partial charge in [0.1, 0.15) is 11.5 Å². The Balaban J connectivity index is 1.54. The molecule has 0 spiro atoms. The van der Waals surface area contributed by atoms with E-state index >= 15 is 0 Å². The van der Waals surface area contributed by atoms with E-state index in [2.05, 4.69) is 5.32 Å². The molecule has 3 aromatic rings. The van der Waals surface area contributed by atoms with Crippen LogP contribution in [-0.4, -0.2) is 41.8 Å². The third-order valence-corrected chi connectivity index (χ3v) is 5.38. The molecule has 1 aliphatic rings.